The van der Waals surface area contributed by atoms with Crippen LogP contribution < -0.4 is 0 Å². The van der Waals surface area contributed by atoms with E-state index in [2.05, 4.69) is 54.3 Å². The number of carboxylic acid groups (broad SMARTS) is 1. The molecule has 3 nitrogen and oxygen atoms in total. The van der Waals surface area contributed by atoms with Gasteiger partial charge < -0.3 is 9.84 Å². The number of carbonyl (C=O) groups is 1. The number of ether oxygens (including phenoxy) is 1. The van der Waals surface area contributed by atoms with Crippen molar-refractivity contribution in [2.45, 2.75) is 83.5 Å². The molecule has 33 heavy (non-hydrogen) atoms. The predicted molar refractivity (Wildman–Crippen MR) is 135 cm³/mol. The number of hydrogen-bond acceptors (Lipinski definition) is 2. The lowest BCUT2D eigenvalue weighted by Gasteiger charge is -2.30. The van der Waals surface area contributed by atoms with Gasteiger partial charge in [0.05, 0.1) is 6.61 Å². The molecule has 0 aromatic heterocycles. The molecule has 1 N–H and O–H groups in total. The van der Waals surface area contributed by atoms with Crippen molar-refractivity contribution in [3.05, 3.63) is 48.0 Å². The highest BCUT2D eigenvalue weighted by atomic mass is 16.5. The summed E-state index contributed by atoms with van der Waals surface area (Å²) < 4.78 is 5.82. The van der Waals surface area contributed by atoms with Crippen molar-refractivity contribution in [3.8, 4) is 11.8 Å². The number of rotatable bonds is 15. The van der Waals surface area contributed by atoms with E-state index >= 15 is 0 Å². The van der Waals surface area contributed by atoms with Crippen LogP contribution in [-0.4, -0.2) is 24.3 Å². The molecule has 0 spiro atoms. The third-order valence-electron chi connectivity index (χ3n) is 7.57. The molecule has 180 valence electrons. The van der Waals surface area contributed by atoms with Crippen molar-refractivity contribution < 1.29 is 14.6 Å². The second kappa shape index (κ2) is 15.0. The Balaban J connectivity index is 1.21. The molecular weight excluding hydrogens is 408 g/mol. The van der Waals surface area contributed by atoms with Crippen LogP contribution in [0.15, 0.2) is 42.5 Å². The van der Waals surface area contributed by atoms with Crippen LogP contribution in [0.1, 0.15) is 82.6 Å². The second-order valence-electron chi connectivity index (χ2n) is 9.85. The van der Waals surface area contributed by atoms with Gasteiger partial charge in [-0.1, -0.05) is 48.9 Å². The Labute approximate surface area is 201 Å². The first-order valence-electron chi connectivity index (χ1n) is 13.2. The summed E-state index contributed by atoms with van der Waals surface area (Å²) in [6.07, 6.45) is 18.6. The zero-order valence-electron chi connectivity index (χ0n) is 20.2. The van der Waals surface area contributed by atoms with Crippen molar-refractivity contribution >= 4 is 5.97 Å². The fraction of sp³-hybridized carbons (Fsp3) is 0.633. The number of aryl methyl sites for hydroxylation is 1. The molecular formula is C30H42O3. The molecule has 0 radical (unpaired) electrons. The Bertz CT molecular complexity index is 773. The van der Waals surface area contributed by atoms with Crippen molar-refractivity contribution in [1.29, 1.82) is 0 Å². The van der Waals surface area contributed by atoms with Crippen LogP contribution in [0.3, 0.4) is 0 Å². The van der Waals surface area contributed by atoms with Crippen molar-refractivity contribution in [1.82, 2.24) is 0 Å². The molecule has 1 aromatic rings. The van der Waals surface area contributed by atoms with Gasteiger partial charge in [-0.15, -0.1) is 11.8 Å². The minimum absolute atomic E-state index is 0.282. The van der Waals surface area contributed by atoms with E-state index in [0.717, 1.165) is 75.4 Å². The van der Waals surface area contributed by atoms with E-state index in [1.807, 2.05) is 0 Å². The molecule has 2 aliphatic rings. The Morgan fingerprint density at radius 3 is 2.58 bits per heavy atom. The lowest BCUT2D eigenvalue weighted by Crippen LogP contribution is -2.22. The Hall–Kier alpha value is -2.05. The van der Waals surface area contributed by atoms with Crippen LogP contribution in [0.5, 0.6) is 0 Å². The van der Waals surface area contributed by atoms with Gasteiger partial charge in [0.25, 0.3) is 0 Å². The van der Waals surface area contributed by atoms with E-state index in [9.17, 15) is 4.79 Å². The largest absolute Gasteiger partial charge is 0.481 e. The highest BCUT2D eigenvalue weighted by Gasteiger charge is 2.45. The molecule has 0 aliphatic heterocycles. The summed E-state index contributed by atoms with van der Waals surface area (Å²) in [5.41, 5.74) is 1.35. The lowest BCUT2D eigenvalue weighted by atomic mass is 9.75. The summed E-state index contributed by atoms with van der Waals surface area (Å²) >= 11 is 0. The summed E-state index contributed by atoms with van der Waals surface area (Å²) in [6.45, 7) is 1.61. The normalized spacial score (nSPS) is 23.6. The molecule has 2 saturated carbocycles. The molecule has 3 rings (SSSR count). The number of aliphatic carboxylic acids is 1. The van der Waals surface area contributed by atoms with Gasteiger partial charge in [-0.2, -0.15) is 0 Å². The maximum atomic E-state index is 10.6. The summed E-state index contributed by atoms with van der Waals surface area (Å²) in [5, 5.41) is 8.74. The van der Waals surface area contributed by atoms with E-state index in [1.165, 1.54) is 44.1 Å². The Morgan fingerprint density at radius 2 is 1.76 bits per heavy atom. The SMILES string of the molecule is O=C(O)CCC/C=C\C[C@H]1[C@H]2CC[C@H](C2)[C@H]1CCCCOCCC#CCCc1ccccc1. The van der Waals surface area contributed by atoms with Gasteiger partial charge in [-0.05, 0) is 87.0 Å². The van der Waals surface area contributed by atoms with E-state index in [1.54, 1.807) is 0 Å². The van der Waals surface area contributed by atoms with E-state index in [0.29, 0.717) is 0 Å². The van der Waals surface area contributed by atoms with E-state index in [-0.39, 0.29) is 6.42 Å². The summed E-state index contributed by atoms with van der Waals surface area (Å²) in [5.74, 6) is 9.45. The van der Waals surface area contributed by atoms with Crippen LogP contribution in [-0.2, 0) is 16.0 Å². The van der Waals surface area contributed by atoms with E-state index < -0.39 is 5.97 Å². The summed E-state index contributed by atoms with van der Waals surface area (Å²) in [7, 11) is 0. The zero-order chi connectivity index (χ0) is 23.1. The molecule has 0 heterocycles. The van der Waals surface area contributed by atoms with Gasteiger partial charge in [-0.3, -0.25) is 4.79 Å². The first kappa shape index (κ1) is 25.6. The van der Waals surface area contributed by atoms with Gasteiger partial charge in [-0.25, -0.2) is 0 Å². The number of carboxylic acids is 1. The summed E-state index contributed by atoms with van der Waals surface area (Å²) in [6, 6.07) is 10.5. The van der Waals surface area contributed by atoms with Gasteiger partial charge in [0, 0.05) is 25.9 Å². The predicted octanol–water partition coefficient (Wildman–Crippen LogP) is 7.06. The molecule has 0 saturated heterocycles. The quantitative estimate of drug-likeness (QED) is 0.177. The van der Waals surface area contributed by atoms with Gasteiger partial charge in [0.15, 0.2) is 0 Å². The van der Waals surface area contributed by atoms with Crippen LogP contribution in [0.2, 0.25) is 0 Å². The van der Waals surface area contributed by atoms with Gasteiger partial charge in [0.2, 0.25) is 0 Å². The maximum absolute atomic E-state index is 10.6. The molecule has 2 aliphatic carbocycles. The molecule has 2 bridgehead atoms. The topological polar surface area (TPSA) is 46.5 Å². The van der Waals surface area contributed by atoms with Crippen LogP contribution in [0.4, 0.5) is 0 Å². The smallest absolute Gasteiger partial charge is 0.303 e. The highest BCUT2D eigenvalue weighted by Crippen LogP contribution is 2.55. The van der Waals surface area contributed by atoms with Crippen LogP contribution in [0, 0.1) is 35.5 Å². The average molecular weight is 451 g/mol. The third-order valence-corrected chi connectivity index (χ3v) is 7.57. The minimum atomic E-state index is -0.688. The highest BCUT2D eigenvalue weighted by molar-refractivity contribution is 5.66. The molecule has 4 atom stereocenters. The molecule has 0 unspecified atom stereocenters. The fourth-order valence-corrected chi connectivity index (χ4v) is 5.93. The summed E-state index contributed by atoms with van der Waals surface area (Å²) in [4.78, 5) is 10.6. The molecule has 1 aromatic carbocycles. The number of unbranched alkanes of at least 4 members (excludes halogenated alkanes) is 2. The Kier molecular flexibility index (Phi) is 11.6. The van der Waals surface area contributed by atoms with Gasteiger partial charge in [0.1, 0.15) is 0 Å². The van der Waals surface area contributed by atoms with Gasteiger partial charge >= 0.3 is 5.97 Å². The first-order chi connectivity index (χ1) is 16.2. The monoisotopic (exact) mass is 450 g/mol. The first-order valence-corrected chi connectivity index (χ1v) is 13.2. The number of allylic oxidation sites excluding steroid dienone is 2. The van der Waals surface area contributed by atoms with Crippen LogP contribution in [0.25, 0.3) is 0 Å². The molecule has 0 amide bonds. The zero-order valence-corrected chi connectivity index (χ0v) is 20.2. The third kappa shape index (κ3) is 9.38. The van der Waals surface area contributed by atoms with Crippen LogP contribution >= 0.6 is 0 Å². The number of fused-ring (bicyclic) bond motifs is 2. The second-order valence-corrected chi connectivity index (χ2v) is 9.85. The number of benzene rings is 1. The standard InChI is InChI=1S/C30H42O3/c31-30(32)19-10-2-1-9-17-28-26-20-21-27(24-26)29(28)18-11-13-23-33-22-12-4-3-6-14-25-15-7-5-8-16-25/h1,5,7-9,15-16,26-29H,2,6,10-14,17-24H2,(H,31,32)/b9-1-/t26-,27+,28-,29+/m0/s1. The average Bonchev–Trinajstić information content (AvgIpc) is 3.42. The maximum Gasteiger partial charge on any atom is 0.303 e. The number of hydrogen-bond donors (Lipinski definition) is 1. The van der Waals surface area contributed by atoms with Crippen molar-refractivity contribution in [2.24, 2.45) is 23.7 Å². The fourth-order valence-electron chi connectivity index (χ4n) is 5.93. The van der Waals surface area contributed by atoms with Crippen molar-refractivity contribution in [3.63, 3.8) is 0 Å². The molecule has 2 fully saturated rings. The lowest BCUT2D eigenvalue weighted by molar-refractivity contribution is -0.137. The van der Waals surface area contributed by atoms with E-state index in [4.69, 9.17) is 9.84 Å². The van der Waals surface area contributed by atoms with Crippen molar-refractivity contribution in [2.75, 3.05) is 13.2 Å². The molecule has 3 heteroatoms. The Morgan fingerprint density at radius 1 is 0.970 bits per heavy atom. The minimum Gasteiger partial charge on any atom is -0.481 e.